The number of aromatic nitrogens is 4. The molecule has 0 saturated heterocycles. The second kappa shape index (κ2) is 57.7. The molecule has 0 saturated carbocycles. The standard InChI is InChI=1S/2C41H45N3O4.C2H6.12CH4/c2*1-4-6-26-47-40(45)34(27-29(3)30-16-10-7-11-17-30)28-35(5-2)42-41(46)48-36-24-22-33(23-25-36)39-43-37(31-18-12-8-13-19-31)38(44-39)32-20-14-9-15-21-32;1-2;;;;;;;;;;;;/h2*7-25,29,34-35H,4-6,26-28H2,1-3H3,(H,42,46)(H,43,44);1-2H3;12*1H4. The van der Waals surface area contributed by atoms with Crippen molar-refractivity contribution in [2.45, 2.75) is 233 Å². The molecule has 10 rings (SSSR count). The number of hydrogen-bond donors (Lipinski definition) is 4. The first-order valence-electron chi connectivity index (χ1n) is 34.9. The van der Waals surface area contributed by atoms with Crippen molar-refractivity contribution in [3.8, 4) is 79.3 Å². The van der Waals surface area contributed by atoms with E-state index in [1.165, 1.54) is 11.1 Å². The van der Waals surface area contributed by atoms with Crippen molar-refractivity contribution in [2.75, 3.05) is 13.2 Å². The molecule has 606 valence electrons. The van der Waals surface area contributed by atoms with Crippen molar-refractivity contribution >= 4 is 24.1 Å². The van der Waals surface area contributed by atoms with E-state index < -0.39 is 12.2 Å². The molecule has 0 radical (unpaired) electrons. The number of amides is 2. The maximum atomic E-state index is 13.2. The van der Waals surface area contributed by atoms with Gasteiger partial charge in [-0.2, -0.15) is 0 Å². The van der Waals surface area contributed by atoms with Gasteiger partial charge in [0.1, 0.15) is 23.1 Å². The van der Waals surface area contributed by atoms with Gasteiger partial charge in [0, 0.05) is 45.5 Å². The fraction of sp³-hybridized carbons (Fsp3) is 0.396. The van der Waals surface area contributed by atoms with Crippen LogP contribution in [0, 0.1) is 11.8 Å². The zero-order chi connectivity index (χ0) is 69.4. The summed E-state index contributed by atoms with van der Waals surface area (Å²) in [6.07, 6.45) is 5.96. The number of esters is 2. The molecule has 14 nitrogen and oxygen atoms in total. The number of imidazole rings is 2. The van der Waals surface area contributed by atoms with E-state index in [9.17, 15) is 19.2 Å². The van der Waals surface area contributed by atoms with Gasteiger partial charge < -0.3 is 39.5 Å². The zero-order valence-corrected chi connectivity index (χ0v) is 58.0. The lowest BCUT2D eigenvalue weighted by atomic mass is 9.86. The Morgan fingerprint density at radius 1 is 0.355 bits per heavy atom. The van der Waals surface area contributed by atoms with Gasteiger partial charge in [0.15, 0.2) is 0 Å². The molecule has 6 unspecified atom stereocenters. The molecule has 0 spiro atoms. The number of H-pyrrole nitrogens is 2. The number of carbonyl (C=O) groups excluding carboxylic acids is 4. The summed E-state index contributed by atoms with van der Waals surface area (Å²) in [4.78, 5) is 69.3. The SMILES string of the molecule is C.C.C.C.C.C.C.C.C.C.C.C.CC.CCCCOC(=O)C(CC(CC)NC(=O)Oc1ccc(-c2nc(-c3ccccc3)c(-c3ccccc3)[nH]2)cc1)CC(C)c1ccccc1.CCCCOC(=O)C(CC(CC)NC(=O)Oc1ccc(-c2nc(-c3ccccc3)c(-c3ccccc3)[nH]2)cc1)CC(C)c1ccccc1. The molecule has 0 aliphatic heterocycles. The highest BCUT2D eigenvalue weighted by Gasteiger charge is 2.30. The van der Waals surface area contributed by atoms with Crippen molar-refractivity contribution in [3.63, 3.8) is 0 Å². The van der Waals surface area contributed by atoms with Crippen LogP contribution in [-0.2, 0) is 19.1 Å². The van der Waals surface area contributed by atoms with Crippen molar-refractivity contribution in [1.82, 2.24) is 30.6 Å². The first-order chi connectivity index (χ1) is 47.9. The van der Waals surface area contributed by atoms with Gasteiger partial charge in [-0.25, -0.2) is 19.6 Å². The molecule has 10 aromatic rings. The monoisotopic (exact) mass is 1510 g/mol. The number of aromatic amines is 2. The van der Waals surface area contributed by atoms with E-state index in [2.05, 4.69) is 96.8 Å². The van der Waals surface area contributed by atoms with E-state index in [0.29, 0.717) is 63.2 Å². The average molecular weight is 1510 g/mol. The first-order valence-corrected chi connectivity index (χ1v) is 34.9. The van der Waals surface area contributed by atoms with Crippen molar-refractivity contribution < 1.29 is 38.1 Å². The molecule has 6 atom stereocenters. The Hall–Kier alpha value is -10.3. The molecule has 0 aliphatic rings. The van der Waals surface area contributed by atoms with Crippen LogP contribution in [0.5, 0.6) is 11.5 Å². The van der Waals surface area contributed by atoms with E-state index in [1.54, 1.807) is 24.3 Å². The lowest BCUT2D eigenvalue weighted by Crippen LogP contribution is -2.39. The fourth-order valence-electron chi connectivity index (χ4n) is 11.7. The Labute approximate surface area is 667 Å². The molecular formula is C96H144N6O8. The van der Waals surface area contributed by atoms with Crippen LogP contribution in [0.1, 0.15) is 232 Å². The number of unbranched alkanes of at least 4 members (excludes halogenated alkanes) is 2. The zero-order valence-electron chi connectivity index (χ0n) is 58.0. The number of carbonyl (C=O) groups is 4. The van der Waals surface area contributed by atoms with Crippen LogP contribution >= 0.6 is 0 Å². The highest BCUT2D eigenvalue weighted by atomic mass is 16.6. The molecule has 8 aromatic carbocycles. The summed E-state index contributed by atoms with van der Waals surface area (Å²) in [7, 11) is 0. The molecular weight excluding hydrogens is 1370 g/mol. The van der Waals surface area contributed by atoms with E-state index in [-0.39, 0.29) is 137 Å². The van der Waals surface area contributed by atoms with Gasteiger partial charge in [0.2, 0.25) is 0 Å². The second-order valence-electron chi connectivity index (χ2n) is 24.4. The van der Waals surface area contributed by atoms with E-state index in [4.69, 9.17) is 28.9 Å². The summed E-state index contributed by atoms with van der Waals surface area (Å²) in [6, 6.07) is 74.9. The number of benzene rings is 8. The Morgan fingerprint density at radius 3 is 0.900 bits per heavy atom. The summed E-state index contributed by atoms with van der Waals surface area (Å²) < 4.78 is 22.6. The molecule has 14 heteroatoms. The molecule has 0 bridgehead atoms. The van der Waals surface area contributed by atoms with Gasteiger partial charge in [-0.3, -0.25) is 9.59 Å². The van der Waals surface area contributed by atoms with Crippen LogP contribution in [0.4, 0.5) is 9.59 Å². The van der Waals surface area contributed by atoms with Gasteiger partial charge in [0.25, 0.3) is 0 Å². The predicted octanol–water partition coefficient (Wildman–Crippen LogP) is 28.3. The Balaban J connectivity index is -0.000000590. The Bertz CT molecular complexity index is 3590. The third-order valence-corrected chi connectivity index (χ3v) is 17.2. The number of rotatable bonds is 30. The largest absolute Gasteiger partial charge is 0.465 e. The molecule has 0 aliphatic carbocycles. The Kier molecular flexibility index (Phi) is 56.8. The minimum absolute atomic E-state index is 0. The lowest BCUT2D eigenvalue weighted by Gasteiger charge is -2.25. The number of ether oxygens (including phenoxy) is 4. The fourth-order valence-corrected chi connectivity index (χ4v) is 11.7. The van der Waals surface area contributed by atoms with Crippen LogP contribution in [0.15, 0.2) is 231 Å². The quantitative estimate of drug-likeness (QED) is 0.0249. The van der Waals surface area contributed by atoms with E-state index >= 15 is 0 Å². The smallest absolute Gasteiger partial charge is 0.412 e. The maximum absolute atomic E-state index is 13.2. The third-order valence-electron chi connectivity index (χ3n) is 17.2. The molecule has 2 heterocycles. The second-order valence-corrected chi connectivity index (χ2v) is 24.4. The van der Waals surface area contributed by atoms with E-state index in [0.717, 1.165) is 93.5 Å². The predicted molar refractivity (Wildman–Crippen MR) is 475 cm³/mol. The summed E-state index contributed by atoms with van der Waals surface area (Å²) in [5.41, 5.74) is 11.8. The minimum Gasteiger partial charge on any atom is -0.465 e. The van der Waals surface area contributed by atoms with Crippen LogP contribution in [0.25, 0.3) is 67.8 Å². The summed E-state index contributed by atoms with van der Waals surface area (Å²) in [6.45, 7) is 17.2. The molecule has 4 N–H and O–H groups in total. The van der Waals surface area contributed by atoms with Gasteiger partial charge in [-0.05, 0) is 123 Å². The number of hydrogen-bond acceptors (Lipinski definition) is 10. The minimum atomic E-state index is -0.556. The van der Waals surface area contributed by atoms with Gasteiger partial charge in [-0.1, -0.05) is 339 Å². The number of nitrogens with one attached hydrogen (secondary N) is 4. The highest BCUT2D eigenvalue weighted by molar-refractivity contribution is 5.83. The van der Waals surface area contributed by atoms with Crippen molar-refractivity contribution in [1.29, 1.82) is 0 Å². The third kappa shape index (κ3) is 32.5. The Morgan fingerprint density at radius 2 is 0.627 bits per heavy atom. The van der Waals surface area contributed by atoms with Crippen LogP contribution in [0.3, 0.4) is 0 Å². The molecule has 2 aromatic heterocycles. The van der Waals surface area contributed by atoms with Gasteiger partial charge in [0.05, 0.1) is 47.8 Å². The van der Waals surface area contributed by atoms with E-state index in [1.807, 2.05) is 185 Å². The maximum Gasteiger partial charge on any atom is 0.412 e. The lowest BCUT2D eigenvalue weighted by molar-refractivity contribution is -0.150. The summed E-state index contributed by atoms with van der Waals surface area (Å²) >= 11 is 0. The normalized spacial score (nSPS) is 11.3. The molecule has 2 amide bonds. The number of nitrogens with zero attached hydrogens (tertiary/aromatic N) is 2. The molecule has 0 fully saturated rings. The van der Waals surface area contributed by atoms with Crippen LogP contribution in [0.2, 0.25) is 0 Å². The highest BCUT2D eigenvalue weighted by Crippen LogP contribution is 2.36. The summed E-state index contributed by atoms with van der Waals surface area (Å²) in [5.74, 6) is 1.48. The average Bonchev–Trinajstić information content (AvgIpc) is 1.61. The van der Waals surface area contributed by atoms with Gasteiger partial charge in [-0.15, -0.1) is 0 Å². The van der Waals surface area contributed by atoms with Crippen LogP contribution in [-0.4, -0.2) is 69.4 Å². The summed E-state index contributed by atoms with van der Waals surface area (Å²) in [5, 5.41) is 5.97. The van der Waals surface area contributed by atoms with Crippen molar-refractivity contribution in [3.05, 3.63) is 242 Å². The van der Waals surface area contributed by atoms with Crippen molar-refractivity contribution in [2.24, 2.45) is 11.8 Å². The van der Waals surface area contributed by atoms with Crippen LogP contribution < -0.4 is 20.1 Å². The topological polar surface area (TPSA) is 187 Å². The molecule has 110 heavy (non-hydrogen) atoms. The first kappa shape index (κ1) is 108. The van der Waals surface area contributed by atoms with Gasteiger partial charge >= 0.3 is 24.1 Å².